The maximum absolute atomic E-state index is 3.40. The minimum absolute atomic E-state index is 0. The molecule has 4 heteroatoms. The van der Waals surface area contributed by atoms with Gasteiger partial charge in [0.15, 0.2) is 0 Å². The Balaban J connectivity index is 0. The number of nitrogens with zero attached hydrogens (tertiary/aromatic N) is 1. The minimum Gasteiger partial charge on any atom is -0.316 e. The Morgan fingerprint density at radius 3 is 2.23 bits per heavy atom. The number of halogens is 2. The quantitative estimate of drug-likeness (QED) is 0.790. The Morgan fingerprint density at radius 1 is 1.23 bits per heavy atom. The van der Waals surface area contributed by atoms with E-state index in [4.69, 9.17) is 0 Å². The van der Waals surface area contributed by atoms with Gasteiger partial charge in [0, 0.05) is 6.54 Å². The third-order valence-corrected chi connectivity index (χ3v) is 2.57. The Hall–Kier alpha value is 0.500. The first-order valence-corrected chi connectivity index (χ1v) is 4.79. The molecule has 1 aliphatic rings. The predicted molar refractivity (Wildman–Crippen MR) is 63.3 cm³/mol. The second-order valence-corrected chi connectivity index (χ2v) is 3.34. The summed E-state index contributed by atoms with van der Waals surface area (Å²) in [7, 11) is 0. The molecule has 1 rings (SSSR count). The van der Waals surface area contributed by atoms with Crippen molar-refractivity contribution in [2.75, 3.05) is 32.7 Å². The number of hydrogen-bond acceptors (Lipinski definition) is 2. The third-order valence-electron chi connectivity index (χ3n) is 2.57. The van der Waals surface area contributed by atoms with Gasteiger partial charge in [-0.1, -0.05) is 13.8 Å². The van der Waals surface area contributed by atoms with Crippen molar-refractivity contribution in [3.63, 3.8) is 0 Å². The Bertz CT molecular complexity index is 102. The topological polar surface area (TPSA) is 15.3 Å². The van der Waals surface area contributed by atoms with Gasteiger partial charge in [0.05, 0.1) is 0 Å². The van der Waals surface area contributed by atoms with Gasteiger partial charge in [0.2, 0.25) is 0 Å². The predicted octanol–water partition coefficient (Wildman–Crippen LogP) is 1.78. The first-order valence-electron chi connectivity index (χ1n) is 4.79. The van der Waals surface area contributed by atoms with E-state index < -0.39 is 0 Å². The Kier molecular flexibility index (Phi) is 11.1. The maximum Gasteiger partial charge on any atom is 0.00220 e. The highest BCUT2D eigenvalue weighted by Gasteiger charge is 2.15. The van der Waals surface area contributed by atoms with Crippen molar-refractivity contribution < 1.29 is 0 Å². The van der Waals surface area contributed by atoms with Gasteiger partial charge in [-0.2, -0.15) is 0 Å². The summed E-state index contributed by atoms with van der Waals surface area (Å²) in [5.41, 5.74) is 0. The Morgan fingerprint density at radius 2 is 1.85 bits per heavy atom. The van der Waals surface area contributed by atoms with Crippen LogP contribution in [0.15, 0.2) is 0 Å². The van der Waals surface area contributed by atoms with Crippen LogP contribution in [0.4, 0.5) is 0 Å². The van der Waals surface area contributed by atoms with E-state index in [-0.39, 0.29) is 24.8 Å². The molecule has 0 spiro atoms. The fourth-order valence-electron chi connectivity index (χ4n) is 1.72. The summed E-state index contributed by atoms with van der Waals surface area (Å²) in [4.78, 5) is 2.51. The lowest BCUT2D eigenvalue weighted by Crippen LogP contribution is -2.30. The second kappa shape index (κ2) is 9.07. The fraction of sp³-hybridized carbons (Fsp3) is 1.00. The molecular weight excluding hydrogens is 207 g/mol. The van der Waals surface area contributed by atoms with Crippen molar-refractivity contribution in [1.82, 2.24) is 10.2 Å². The average molecular weight is 229 g/mol. The molecule has 1 saturated heterocycles. The van der Waals surface area contributed by atoms with E-state index >= 15 is 0 Å². The number of rotatable bonds is 4. The third kappa shape index (κ3) is 5.74. The second-order valence-electron chi connectivity index (χ2n) is 3.34. The zero-order valence-corrected chi connectivity index (χ0v) is 10.2. The standard InChI is InChI=1S/C9H20N2.2ClH/c1-3-11(4-2)8-9-5-6-10-7-9;;/h9-10H,3-8H2,1-2H3;2*1H. The normalized spacial score (nSPS) is 21.0. The molecule has 1 N–H and O–H groups in total. The monoisotopic (exact) mass is 228 g/mol. The summed E-state index contributed by atoms with van der Waals surface area (Å²) in [5, 5.41) is 3.40. The molecule has 1 aliphatic heterocycles. The summed E-state index contributed by atoms with van der Waals surface area (Å²) in [6.07, 6.45) is 1.37. The average Bonchev–Trinajstić information content (AvgIpc) is 2.52. The highest BCUT2D eigenvalue weighted by molar-refractivity contribution is 5.85. The number of hydrogen-bond donors (Lipinski definition) is 1. The van der Waals surface area contributed by atoms with E-state index in [2.05, 4.69) is 24.1 Å². The van der Waals surface area contributed by atoms with E-state index in [1.807, 2.05) is 0 Å². The summed E-state index contributed by atoms with van der Waals surface area (Å²) in [5.74, 6) is 0.912. The molecule has 1 atom stereocenters. The lowest BCUT2D eigenvalue weighted by atomic mass is 10.1. The van der Waals surface area contributed by atoms with Crippen LogP contribution in [-0.4, -0.2) is 37.6 Å². The van der Waals surface area contributed by atoms with E-state index in [9.17, 15) is 0 Å². The lowest BCUT2D eigenvalue weighted by Gasteiger charge is -2.21. The molecule has 0 amide bonds. The van der Waals surface area contributed by atoms with Gasteiger partial charge in [0.25, 0.3) is 0 Å². The van der Waals surface area contributed by atoms with Crippen LogP contribution in [0, 0.1) is 5.92 Å². The summed E-state index contributed by atoms with van der Waals surface area (Å²) >= 11 is 0. The molecule has 0 aromatic heterocycles. The molecule has 0 aromatic carbocycles. The van der Waals surface area contributed by atoms with Crippen molar-refractivity contribution in [3.05, 3.63) is 0 Å². The van der Waals surface area contributed by atoms with Gasteiger partial charge >= 0.3 is 0 Å². The molecule has 2 nitrogen and oxygen atoms in total. The lowest BCUT2D eigenvalue weighted by molar-refractivity contribution is 0.260. The first-order chi connectivity index (χ1) is 5.36. The fourth-order valence-corrected chi connectivity index (χ4v) is 1.72. The van der Waals surface area contributed by atoms with Gasteiger partial charge in [-0.3, -0.25) is 0 Å². The van der Waals surface area contributed by atoms with Gasteiger partial charge in [-0.15, -0.1) is 24.8 Å². The van der Waals surface area contributed by atoms with Crippen molar-refractivity contribution in [3.8, 4) is 0 Å². The van der Waals surface area contributed by atoms with Crippen LogP contribution in [0.5, 0.6) is 0 Å². The highest BCUT2D eigenvalue weighted by Crippen LogP contribution is 2.08. The zero-order valence-electron chi connectivity index (χ0n) is 8.58. The largest absolute Gasteiger partial charge is 0.316 e. The smallest absolute Gasteiger partial charge is 0.00220 e. The minimum atomic E-state index is 0. The van der Waals surface area contributed by atoms with Crippen LogP contribution in [0.3, 0.4) is 0 Å². The van der Waals surface area contributed by atoms with E-state index in [1.54, 1.807) is 0 Å². The summed E-state index contributed by atoms with van der Waals surface area (Å²) in [6, 6.07) is 0. The van der Waals surface area contributed by atoms with Gasteiger partial charge in [0.1, 0.15) is 0 Å². The molecule has 0 bridgehead atoms. The van der Waals surface area contributed by atoms with E-state index in [0.717, 1.165) is 5.92 Å². The zero-order chi connectivity index (χ0) is 8.10. The van der Waals surface area contributed by atoms with Crippen molar-refractivity contribution in [2.45, 2.75) is 20.3 Å². The van der Waals surface area contributed by atoms with Crippen LogP contribution in [-0.2, 0) is 0 Å². The molecule has 13 heavy (non-hydrogen) atoms. The van der Waals surface area contributed by atoms with Crippen molar-refractivity contribution >= 4 is 24.8 Å². The molecule has 0 radical (unpaired) electrons. The first kappa shape index (κ1) is 15.9. The molecule has 1 fully saturated rings. The van der Waals surface area contributed by atoms with E-state index in [0.29, 0.717) is 0 Å². The van der Waals surface area contributed by atoms with Crippen LogP contribution < -0.4 is 5.32 Å². The van der Waals surface area contributed by atoms with Gasteiger partial charge in [-0.05, 0) is 38.5 Å². The van der Waals surface area contributed by atoms with Gasteiger partial charge in [-0.25, -0.2) is 0 Å². The molecule has 0 aromatic rings. The molecular formula is C9H22Cl2N2. The SMILES string of the molecule is CCN(CC)CC1CCNC1.Cl.Cl. The van der Waals surface area contributed by atoms with Crippen LogP contribution in [0.2, 0.25) is 0 Å². The van der Waals surface area contributed by atoms with Crippen LogP contribution in [0.1, 0.15) is 20.3 Å². The molecule has 1 unspecified atom stereocenters. The van der Waals surface area contributed by atoms with Crippen LogP contribution in [0.25, 0.3) is 0 Å². The van der Waals surface area contributed by atoms with E-state index in [1.165, 1.54) is 39.1 Å². The van der Waals surface area contributed by atoms with Gasteiger partial charge < -0.3 is 10.2 Å². The number of nitrogens with one attached hydrogen (secondary N) is 1. The Labute approximate surface area is 94.3 Å². The summed E-state index contributed by atoms with van der Waals surface area (Å²) < 4.78 is 0. The maximum atomic E-state index is 3.40. The van der Waals surface area contributed by atoms with Crippen molar-refractivity contribution in [1.29, 1.82) is 0 Å². The summed E-state index contributed by atoms with van der Waals surface area (Å²) in [6.45, 7) is 10.6. The molecule has 0 aliphatic carbocycles. The molecule has 82 valence electrons. The molecule has 0 saturated carbocycles. The van der Waals surface area contributed by atoms with Crippen LogP contribution >= 0.6 is 24.8 Å². The highest BCUT2D eigenvalue weighted by atomic mass is 35.5. The van der Waals surface area contributed by atoms with Crippen molar-refractivity contribution in [2.24, 2.45) is 5.92 Å². The molecule has 1 heterocycles.